The first kappa shape index (κ1) is 48.4. The predicted octanol–water partition coefficient (Wildman–Crippen LogP) is 4.27. The standard InChI is InChI=1S/2C5H10O.2C4H9NO.C4H9N.C3H8N2.5CH4/c2*1-2-4-6-5-3-1;2*1-3-6-4-2-5-1;1-2-4-5-3-1;1-2-5-3-4-1;;;;;/h2*1-5H2;2*5H,1-4H2;5H,1-4H2;4-5H,1-3H2;5*1H4. The van der Waals surface area contributed by atoms with Gasteiger partial charge in [-0.25, -0.2) is 0 Å². The third kappa shape index (κ3) is 42.2. The summed E-state index contributed by atoms with van der Waals surface area (Å²) in [5.41, 5.74) is 0. The second-order valence-corrected chi connectivity index (χ2v) is 8.70. The zero-order chi connectivity index (χ0) is 24.0. The molecule has 0 aliphatic carbocycles. The molecular weight excluding hydrogens is 494 g/mol. The van der Waals surface area contributed by atoms with E-state index in [0.29, 0.717) is 0 Å². The van der Waals surface area contributed by atoms with E-state index in [-0.39, 0.29) is 37.1 Å². The van der Waals surface area contributed by atoms with Crippen molar-refractivity contribution in [1.29, 1.82) is 0 Å². The van der Waals surface area contributed by atoms with Crippen molar-refractivity contribution in [2.45, 2.75) is 88.5 Å². The summed E-state index contributed by atoms with van der Waals surface area (Å²) in [6.07, 6.45) is 10.6. The zero-order valence-electron chi connectivity index (χ0n) is 21.8. The normalized spacial score (nSPS) is 20.9. The van der Waals surface area contributed by atoms with Crippen molar-refractivity contribution in [2.24, 2.45) is 0 Å². The molecule has 0 aromatic heterocycles. The lowest BCUT2D eigenvalue weighted by Crippen LogP contribution is -2.30. The molecule has 0 radical (unpaired) electrons. The summed E-state index contributed by atoms with van der Waals surface area (Å²) in [6.45, 7) is 17.4. The second-order valence-electron chi connectivity index (χ2n) is 8.70. The summed E-state index contributed by atoms with van der Waals surface area (Å²) in [6, 6.07) is 0. The van der Waals surface area contributed by atoms with Crippen LogP contribution in [0.4, 0.5) is 0 Å². The monoisotopic (exact) mass is 570 g/mol. The van der Waals surface area contributed by atoms with Gasteiger partial charge >= 0.3 is 0 Å². The Balaban J connectivity index is -0.000000116. The van der Waals surface area contributed by atoms with Crippen molar-refractivity contribution in [3.05, 3.63) is 0 Å². The maximum absolute atomic E-state index is 5.07. The summed E-state index contributed by atoms with van der Waals surface area (Å²) in [5.74, 6) is 0. The Morgan fingerprint density at radius 1 is 0.256 bits per heavy atom. The average Bonchev–Trinajstić information content (AvgIpc) is 3.74. The number of rotatable bonds is 0. The molecule has 0 spiro atoms. The van der Waals surface area contributed by atoms with Gasteiger partial charge in [0.05, 0.1) is 26.4 Å². The third-order valence-electron chi connectivity index (χ3n) is 5.53. The van der Waals surface area contributed by atoms with Crippen LogP contribution in [0.3, 0.4) is 0 Å². The van der Waals surface area contributed by atoms with Crippen LogP contribution in [0.2, 0.25) is 0 Å². The molecule has 6 aliphatic heterocycles. The highest BCUT2D eigenvalue weighted by Gasteiger charge is 1.96. The van der Waals surface area contributed by atoms with Gasteiger partial charge in [0.15, 0.2) is 0 Å². The zero-order valence-corrected chi connectivity index (χ0v) is 21.8. The van der Waals surface area contributed by atoms with Crippen LogP contribution in [0.1, 0.15) is 88.5 Å². The fourth-order valence-corrected chi connectivity index (χ4v) is 3.47. The van der Waals surface area contributed by atoms with Gasteiger partial charge < -0.3 is 45.5 Å². The van der Waals surface area contributed by atoms with E-state index in [4.69, 9.17) is 18.9 Å². The molecular formula is C30H75N5O4. The van der Waals surface area contributed by atoms with Gasteiger partial charge in [-0.15, -0.1) is 0 Å². The Morgan fingerprint density at radius 2 is 0.564 bits per heavy atom. The molecule has 0 saturated carbocycles. The van der Waals surface area contributed by atoms with E-state index >= 15 is 0 Å². The number of hydrogen-bond donors (Lipinski definition) is 5. The lowest BCUT2D eigenvalue weighted by molar-refractivity contribution is 0.0967. The highest BCUT2D eigenvalue weighted by molar-refractivity contribution is 4.56. The van der Waals surface area contributed by atoms with Crippen LogP contribution in [0.25, 0.3) is 0 Å². The summed E-state index contributed by atoms with van der Waals surface area (Å²) >= 11 is 0. The molecule has 0 aromatic carbocycles. The molecule has 39 heavy (non-hydrogen) atoms. The molecule has 6 aliphatic rings. The van der Waals surface area contributed by atoms with Gasteiger partial charge in [-0.3, -0.25) is 0 Å². The van der Waals surface area contributed by atoms with Crippen LogP contribution in [0, 0.1) is 0 Å². The van der Waals surface area contributed by atoms with Crippen LogP contribution < -0.4 is 26.6 Å². The van der Waals surface area contributed by atoms with Crippen LogP contribution in [0.15, 0.2) is 0 Å². The molecule has 244 valence electrons. The Hall–Kier alpha value is -0.360. The second kappa shape index (κ2) is 44.7. The van der Waals surface area contributed by atoms with Crippen LogP contribution >= 0.6 is 0 Å². The van der Waals surface area contributed by atoms with Gasteiger partial charge in [-0.2, -0.15) is 0 Å². The van der Waals surface area contributed by atoms with Crippen molar-refractivity contribution >= 4 is 0 Å². The first-order valence-corrected chi connectivity index (χ1v) is 13.8. The smallest absolute Gasteiger partial charge is 0.0591 e. The summed E-state index contributed by atoms with van der Waals surface area (Å²) in [4.78, 5) is 0. The van der Waals surface area contributed by atoms with Crippen molar-refractivity contribution in [2.75, 3.05) is 112 Å². The van der Waals surface area contributed by atoms with E-state index in [1.54, 1.807) is 0 Å². The largest absolute Gasteiger partial charge is 0.381 e. The molecule has 6 heterocycles. The van der Waals surface area contributed by atoms with E-state index in [9.17, 15) is 0 Å². The Bertz CT molecular complexity index is 242. The van der Waals surface area contributed by atoms with Crippen molar-refractivity contribution in [1.82, 2.24) is 26.6 Å². The topological polar surface area (TPSA) is 97.1 Å². The summed E-state index contributed by atoms with van der Waals surface area (Å²) < 4.78 is 20.2. The molecule has 0 amide bonds. The molecule has 0 unspecified atom stereocenters. The Kier molecular flexibility index (Phi) is 55.4. The van der Waals surface area contributed by atoms with Crippen LogP contribution in [0.5, 0.6) is 0 Å². The number of hydrogen-bond acceptors (Lipinski definition) is 9. The van der Waals surface area contributed by atoms with Crippen LogP contribution in [-0.4, -0.2) is 112 Å². The van der Waals surface area contributed by atoms with Gasteiger partial charge in [0.1, 0.15) is 0 Å². The number of nitrogens with one attached hydrogen (secondary N) is 5. The summed E-state index contributed by atoms with van der Waals surface area (Å²) in [5, 5.41) is 15.8. The molecule has 6 fully saturated rings. The van der Waals surface area contributed by atoms with Gasteiger partial charge in [0.25, 0.3) is 0 Å². The van der Waals surface area contributed by atoms with E-state index in [1.165, 1.54) is 64.5 Å². The number of morpholine rings is 2. The Morgan fingerprint density at radius 3 is 0.667 bits per heavy atom. The third-order valence-corrected chi connectivity index (χ3v) is 5.53. The van der Waals surface area contributed by atoms with E-state index in [0.717, 1.165) is 98.8 Å². The lowest BCUT2D eigenvalue weighted by atomic mass is 10.2. The highest BCUT2D eigenvalue weighted by atomic mass is 16.5. The summed E-state index contributed by atoms with van der Waals surface area (Å²) in [7, 11) is 0. The molecule has 9 heteroatoms. The number of ether oxygens (including phenoxy) is 4. The quantitative estimate of drug-likeness (QED) is 0.293. The predicted molar refractivity (Wildman–Crippen MR) is 173 cm³/mol. The maximum atomic E-state index is 5.07. The minimum absolute atomic E-state index is 0. The molecule has 0 aromatic rings. The highest BCUT2D eigenvalue weighted by Crippen LogP contribution is 2.02. The van der Waals surface area contributed by atoms with E-state index in [1.807, 2.05) is 0 Å². The lowest BCUT2D eigenvalue weighted by Gasteiger charge is -2.10. The van der Waals surface area contributed by atoms with Gasteiger partial charge in [0.2, 0.25) is 0 Å². The van der Waals surface area contributed by atoms with Gasteiger partial charge in [-0.05, 0) is 64.5 Å². The molecule has 9 nitrogen and oxygen atoms in total. The average molecular weight is 570 g/mol. The SMILES string of the molecule is C.C.C.C.C.C1CCNC1.C1CCOCC1.C1CCOCC1.C1CNCN1.C1COCCN1.C1COCCN1. The van der Waals surface area contributed by atoms with E-state index in [2.05, 4.69) is 26.6 Å². The van der Waals surface area contributed by atoms with Crippen LogP contribution in [-0.2, 0) is 18.9 Å². The Labute approximate surface area is 246 Å². The molecule has 6 saturated heterocycles. The fourth-order valence-electron chi connectivity index (χ4n) is 3.47. The maximum Gasteiger partial charge on any atom is 0.0591 e. The molecule has 0 atom stereocenters. The van der Waals surface area contributed by atoms with Crippen molar-refractivity contribution in [3.63, 3.8) is 0 Å². The molecule has 0 bridgehead atoms. The van der Waals surface area contributed by atoms with Gasteiger partial charge in [-0.1, -0.05) is 37.1 Å². The molecule has 5 N–H and O–H groups in total. The van der Waals surface area contributed by atoms with Crippen molar-refractivity contribution < 1.29 is 18.9 Å². The fraction of sp³-hybridized carbons (Fsp3) is 1.00. The molecule has 6 rings (SSSR count). The van der Waals surface area contributed by atoms with E-state index < -0.39 is 0 Å². The minimum atomic E-state index is 0. The van der Waals surface area contributed by atoms with Gasteiger partial charge in [0, 0.05) is 72.4 Å². The van der Waals surface area contributed by atoms with Crippen molar-refractivity contribution in [3.8, 4) is 0 Å². The first-order chi connectivity index (χ1) is 17.0. The minimum Gasteiger partial charge on any atom is -0.381 e. The first-order valence-electron chi connectivity index (χ1n) is 13.8.